The van der Waals surface area contributed by atoms with Crippen molar-refractivity contribution in [1.29, 1.82) is 0 Å². The van der Waals surface area contributed by atoms with Crippen LogP contribution in [0, 0.1) is 0 Å². The number of nitrogens with zero attached hydrogens (tertiary/aromatic N) is 4. The van der Waals surface area contributed by atoms with Crippen molar-refractivity contribution in [2.45, 2.75) is 51.2 Å². The Kier molecular flexibility index (Phi) is 6.95. The van der Waals surface area contributed by atoms with Crippen LogP contribution in [-0.2, 0) is 4.79 Å². The number of amides is 1. The molecule has 3 heterocycles. The lowest BCUT2D eigenvalue weighted by Gasteiger charge is -2.38. The number of fused-ring (bicyclic) bond motifs is 1. The van der Waals surface area contributed by atoms with Gasteiger partial charge in [-0.3, -0.25) is 4.79 Å². The third-order valence-electron chi connectivity index (χ3n) is 6.14. The summed E-state index contributed by atoms with van der Waals surface area (Å²) in [6.45, 7) is 9.75. The van der Waals surface area contributed by atoms with E-state index in [0.29, 0.717) is 32.1 Å². The van der Waals surface area contributed by atoms with E-state index in [1.807, 2.05) is 17.0 Å². The molecule has 1 fully saturated rings. The highest BCUT2D eigenvalue weighted by atomic mass is 79.9. The molecule has 7 nitrogen and oxygen atoms in total. The fourth-order valence-electron chi connectivity index (χ4n) is 4.49. The number of thiophene rings is 1. The molecule has 0 spiro atoms. The zero-order valence-electron chi connectivity index (χ0n) is 18.2. The van der Waals surface area contributed by atoms with Crippen molar-refractivity contribution in [3.05, 3.63) is 38.4 Å². The predicted molar refractivity (Wildman–Crippen MR) is 127 cm³/mol. The van der Waals surface area contributed by atoms with Gasteiger partial charge < -0.3 is 20.2 Å². The lowest BCUT2D eigenvalue weighted by Crippen LogP contribution is -2.51. The number of aromatic nitrogens is 2. The highest BCUT2D eigenvalue weighted by Gasteiger charge is 2.35. The number of hydrogen-bond acceptors (Lipinski definition) is 7. The monoisotopic (exact) mass is 507 g/mol. The Balaban J connectivity index is 1.46. The minimum absolute atomic E-state index is 0.177. The second kappa shape index (κ2) is 9.52. The van der Waals surface area contributed by atoms with Crippen molar-refractivity contribution in [1.82, 2.24) is 20.2 Å². The largest absolute Gasteiger partial charge is 0.387 e. The Morgan fingerprint density at radius 3 is 2.68 bits per heavy atom. The summed E-state index contributed by atoms with van der Waals surface area (Å²) in [7, 11) is 0. The molecule has 1 unspecified atom stereocenters. The Morgan fingerprint density at radius 2 is 2.03 bits per heavy atom. The summed E-state index contributed by atoms with van der Waals surface area (Å²) >= 11 is 5.16. The summed E-state index contributed by atoms with van der Waals surface area (Å²) in [5.74, 6) is 1.16. The Bertz CT molecular complexity index is 928. The van der Waals surface area contributed by atoms with E-state index in [1.54, 1.807) is 17.7 Å². The van der Waals surface area contributed by atoms with Crippen LogP contribution in [0.5, 0.6) is 0 Å². The first-order valence-electron chi connectivity index (χ1n) is 10.9. The Labute approximate surface area is 196 Å². The highest BCUT2D eigenvalue weighted by Crippen LogP contribution is 2.42. The number of aliphatic hydroxyl groups is 1. The van der Waals surface area contributed by atoms with Crippen LogP contribution < -0.4 is 10.2 Å². The van der Waals surface area contributed by atoms with Crippen molar-refractivity contribution in [2.75, 3.05) is 37.6 Å². The number of hydrogen-bond donors (Lipinski definition) is 2. The normalized spacial score (nSPS) is 22.1. The van der Waals surface area contributed by atoms with Gasteiger partial charge in [-0.2, -0.15) is 0 Å². The van der Waals surface area contributed by atoms with Crippen LogP contribution in [0.15, 0.2) is 22.2 Å². The van der Waals surface area contributed by atoms with Crippen LogP contribution in [0.4, 0.5) is 5.82 Å². The zero-order valence-corrected chi connectivity index (χ0v) is 20.6. The highest BCUT2D eigenvalue weighted by molar-refractivity contribution is 9.11. The molecular formula is C22H30BrN5O2S. The summed E-state index contributed by atoms with van der Waals surface area (Å²) < 4.78 is 1.04. The molecule has 2 aromatic rings. The number of piperazine rings is 1. The topological polar surface area (TPSA) is 81.6 Å². The lowest BCUT2D eigenvalue weighted by molar-refractivity contribution is -0.133. The van der Waals surface area contributed by atoms with Gasteiger partial charge in [-0.25, -0.2) is 9.97 Å². The first kappa shape index (κ1) is 22.6. The number of anilines is 1. The fraction of sp³-hybridized carbons (Fsp3) is 0.591. The van der Waals surface area contributed by atoms with Gasteiger partial charge in [-0.15, -0.1) is 11.3 Å². The van der Waals surface area contributed by atoms with E-state index in [-0.39, 0.29) is 17.7 Å². The van der Waals surface area contributed by atoms with Gasteiger partial charge in [0.1, 0.15) is 12.1 Å². The average Bonchev–Trinajstić information content (AvgIpc) is 3.31. The molecule has 9 heteroatoms. The molecule has 1 aliphatic carbocycles. The van der Waals surface area contributed by atoms with E-state index in [9.17, 15) is 9.90 Å². The second-order valence-corrected chi connectivity index (χ2v) is 11.2. The van der Waals surface area contributed by atoms with E-state index in [0.717, 1.165) is 38.8 Å². The second-order valence-electron chi connectivity index (χ2n) is 8.72. The molecule has 0 saturated carbocycles. The molecule has 1 saturated heterocycles. The molecule has 1 aliphatic heterocycles. The summed E-state index contributed by atoms with van der Waals surface area (Å²) in [6, 6.07) is 4.39. The molecule has 2 N–H and O–H groups in total. The van der Waals surface area contributed by atoms with Gasteiger partial charge in [0.25, 0.3) is 0 Å². The van der Waals surface area contributed by atoms with E-state index >= 15 is 0 Å². The zero-order chi connectivity index (χ0) is 22.1. The summed E-state index contributed by atoms with van der Waals surface area (Å²) in [6.07, 6.45) is 1.74. The van der Waals surface area contributed by atoms with Crippen LogP contribution in [-0.4, -0.2) is 64.6 Å². The molecular weight excluding hydrogens is 478 g/mol. The SMILES string of the molecule is CC(C)NCC(C(=O)N1CCN(c2ncnc3c2[C@H](C)C[C@H]3O)CC1)c1ccc(Br)s1. The van der Waals surface area contributed by atoms with Crippen molar-refractivity contribution >= 4 is 39.0 Å². The summed E-state index contributed by atoms with van der Waals surface area (Å²) in [5.41, 5.74) is 1.83. The number of aliphatic hydroxyl groups excluding tert-OH is 1. The molecule has 1 amide bonds. The van der Waals surface area contributed by atoms with Gasteiger partial charge in [0.05, 0.1) is 21.5 Å². The minimum atomic E-state index is -0.506. The average molecular weight is 508 g/mol. The van der Waals surface area contributed by atoms with Gasteiger partial charge >= 0.3 is 0 Å². The van der Waals surface area contributed by atoms with Crippen LogP contribution in [0.3, 0.4) is 0 Å². The third-order valence-corrected chi connectivity index (χ3v) is 7.87. The summed E-state index contributed by atoms with van der Waals surface area (Å²) in [4.78, 5) is 27.6. The van der Waals surface area contributed by atoms with Crippen molar-refractivity contribution in [3.63, 3.8) is 0 Å². The van der Waals surface area contributed by atoms with Crippen LogP contribution in [0.2, 0.25) is 0 Å². The first-order chi connectivity index (χ1) is 14.8. The summed E-state index contributed by atoms with van der Waals surface area (Å²) in [5, 5.41) is 13.7. The van der Waals surface area contributed by atoms with Gasteiger partial charge in [0.15, 0.2) is 0 Å². The van der Waals surface area contributed by atoms with Crippen molar-refractivity contribution < 1.29 is 9.90 Å². The predicted octanol–water partition coefficient (Wildman–Crippen LogP) is 3.27. The van der Waals surface area contributed by atoms with Crippen molar-refractivity contribution in [3.8, 4) is 0 Å². The van der Waals surface area contributed by atoms with Crippen LogP contribution in [0.1, 0.15) is 61.3 Å². The molecule has 0 aromatic carbocycles. The number of nitrogens with one attached hydrogen (secondary N) is 1. The standard InChI is InChI=1S/C22H30BrN5O2S/c1-13(2)24-11-15(17-4-5-18(23)31-17)22(30)28-8-6-27(7-9-28)21-19-14(3)10-16(29)20(19)25-12-26-21/h4-5,12-16,24,29H,6-11H2,1-3H3/t14-,15?,16-/m1/s1. The molecule has 168 valence electrons. The Hall–Kier alpha value is -1.55. The third kappa shape index (κ3) is 4.79. The smallest absolute Gasteiger partial charge is 0.232 e. The molecule has 2 aromatic heterocycles. The molecule has 0 radical (unpaired) electrons. The van der Waals surface area contributed by atoms with Gasteiger partial charge in [0, 0.05) is 49.2 Å². The van der Waals surface area contributed by atoms with E-state index < -0.39 is 6.10 Å². The number of carbonyl (C=O) groups excluding carboxylic acids is 1. The number of halogens is 1. The first-order valence-corrected chi connectivity index (χ1v) is 12.5. The van der Waals surface area contributed by atoms with E-state index in [1.165, 1.54) is 0 Å². The van der Waals surface area contributed by atoms with Crippen LogP contribution in [0.25, 0.3) is 0 Å². The lowest BCUT2D eigenvalue weighted by atomic mass is 10.0. The molecule has 3 atom stereocenters. The van der Waals surface area contributed by atoms with Gasteiger partial charge in [0.2, 0.25) is 5.91 Å². The van der Waals surface area contributed by atoms with Gasteiger partial charge in [-0.1, -0.05) is 20.8 Å². The maximum absolute atomic E-state index is 13.4. The molecule has 2 aliphatic rings. The van der Waals surface area contributed by atoms with Gasteiger partial charge in [-0.05, 0) is 40.4 Å². The quantitative estimate of drug-likeness (QED) is 0.624. The molecule has 0 bridgehead atoms. The van der Waals surface area contributed by atoms with E-state index in [2.05, 4.69) is 56.9 Å². The fourth-order valence-corrected chi connectivity index (χ4v) is 6.01. The number of carbonyl (C=O) groups is 1. The van der Waals surface area contributed by atoms with Crippen LogP contribution >= 0.6 is 27.3 Å². The number of rotatable bonds is 6. The maximum Gasteiger partial charge on any atom is 0.232 e. The maximum atomic E-state index is 13.4. The molecule has 31 heavy (non-hydrogen) atoms. The Morgan fingerprint density at radius 1 is 1.29 bits per heavy atom. The van der Waals surface area contributed by atoms with Crippen molar-refractivity contribution in [2.24, 2.45) is 0 Å². The minimum Gasteiger partial charge on any atom is -0.387 e. The molecule has 4 rings (SSSR count). The van der Waals surface area contributed by atoms with E-state index in [4.69, 9.17) is 0 Å².